The van der Waals surface area contributed by atoms with Gasteiger partial charge in [0.15, 0.2) is 0 Å². The average Bonchev–Trinajstić information content (AvgIpc) is 2.37. The molecule has 0 bridgehead atoms. The third-order valence-corrected chi connectivity index (χ3v) is 3.54. The second-order valence-electron chi connectivity index (χ2n) is 4.47. The number of hydrogen-bond donors (Lipinski definition) is 1. The standard InChI is InChI=1S/C15H13BrF3N/c1-9(15-12(17)3-2-4-13(15)18)20-8-10-5-6-11(16)7-14(10)19/h2-7,9,20H,8H2,1H3. The largest absolute Gasteiger partial charge is 0.306 e. The first-order chi connectivity index (χ1) is 9.49. The zero-order valence-electron chi connectivity index (χ0n) is 10.8. The van der Waals surface area contributed by atoms with E-state index in [2.05, 4.69) is 21.2 Å². The van der Waals surface area contributed by atoms with E-state index in [4.69, 9.17) is 0 Å². The Balaban J connectivity index is 2.11. The van der Waals surface area contributed by atoms with Gasteiger partial charge in [0.05, 0.1) is 0 Å². The van der Waals surface area contributed by atoms with E-state index in [9.17, 15) is 13.2 Å². The fourth-order valence-corrected chi connectivity index (χ4v) is 2.29. The Morgan fingerprint density at radius 1 is 1.05 bits per heavy atom. The first-order valence-corrected chi connectivity index (χ1v) is 6.89. The van der Waals surface area contributed by atoms with E-state index in [-0.39, 0.29) is 17.9 Å². The highest BCUT2D eigenvalue weighted by Gasteiger charge is 2.15. The van der Waals surface area contributed by atoms with Gasteiger partial charge in [0.1, 0.15) is 17.5 Å². The highest BCUT2D eigenvalue weighted by Crippen LogP contribution is 2.21. The third-order valence-electron chi connectivity index (χ3n) is 3.05. The van der Waals surface area contributed by atoms with E-state index in [1.54, 1.807) is 19.1 Å². The van der Waals surface area contributed by atoms with Crippen molar-refractivity contribution in [2.45, 2.75) is 19.5 Å². The van der Waals surface area contributed by atoms with Gasteiger partial charge < -0.3 is 5.32 Å². The van der Waals surface area contributed by atoms with E-state index in [1.165, 1.54) is 24.3 Å². The van der Waals surface area contributed by atoms with Crippen molar-refractivity contribution >= 4 is 15.9 Å². The van der Waals surface area contributed by atoms with Crippen molar-refractivity contribution in [3.05, 3.63) is 69.4 Å². The van der Waals surface area contributed by atoms with Crippen LogP contribution in [0, 0.1) is 17.5 Å². The van der Waals surface area contributed by atoms with E-state index >= 15 is 0 Å². The summed E-state index contributed by atoms with van der Waals surface area (Å²) < 4.78 is 41.5. The quantitative estimate of drug-likeness (QED) is 0.847. The second kappa shape index (κ2) is 6.41. The van der Waals surface area contributed by atoms with E-state index in [0.717, 1.165) is 0 Å². The van der Waals surface area contributed by atoms with Gasteiger partial charge >= 0.3 is 0 Å². The average molecular weight is 344 g/mol. The summed E-state index contributed by atoms with van der Waals surface area (Å²) in [6, 6.07) is 7.86. The molecular formula is C15H13BrF3N. The molecule has 0 fully saturated rings. The summed E-state index contributed by atoms with van der Waals surface area (Å²) in [5.41, 5.74) is 0.404. The summed E-state index contributed by atoms with van der Waals surface area (Å²) in [5.74, 6) is -1.59. The van der Waals surface area contributed by atoms with Crippen LogP contribution >= 0.6 is 15.9 Å². The van der Waals surface area contributed by atoms with Crippen LogP contribution in [-0.2, 0) is 6.54 Å². The molecule has 1 atom stereocenters. The van der Waals surface area contributed by atoms with Crippen molar-refractivity contribution in [3.63, 3.8) is 0 Å². The molecule has 0 saturated heterocycles. The lowest BCUT2D eigenvalue weighted by Gasteiger charge is -2.16. The van der Waals surface area contributed by atoms with Gasteiger partial charge in [-0.1, -0.05) is 28.1 Å². The van der Waals surface area contributed by atoms with E-state index in [1.807, 2.05) is 0 Å². The maximum Gasteiger partial charge on any atom is 0.130 e. The monoisotopic (exact) mass is 343 g/mol. The van der Waals surface area contributed by atoms with Crippen LogP contribution in [-0.4, -0.2) is 0 Å². The fourth-order valence-electron chi connectivity index (χ4n) is 1.95. The smallest absolute Gasteiger partial charge is 0.130 e. The van der Waals surface area contributed by atoms with Crippen LogP contribution in [0.2, 0.25) is 0 Å². The van der Waals surface area contributed by atoms with Crippen molar-refractivity contribution in [1.29, 1.82) is 0 Å². The maximum absolute atomic E-state index is 13.6. The molecule has 0 spiro atoms. The maximum atomic E-state index is 13.6. The molecule has 0 saturated carbocycles. The van der Waals surface area contributed by atoms with Crippen LogP contribution in [0.3, 0.4) is 0 Å². The molecule has 20 heavy (non-hydrogen) atoms. The molecule has 0 aliphatic carbocycles. The lowest BCUT2D eigenvalue weighted by atomic mass is 10.1. The molecule has 1 nitrogen and oxygen atoms in total. The molecular weight excluding hydrogens is 331 g/mol. The van der Waals surface area contributed by atoms with Crippen LogP contribution in [0.4, 0.5) is 13.2 Å². The van der Waals surface area contributed by atoms with Gasteiger partial charge in [0.2, 0.25) is 0 Å². The van der Waals surface area contributed by atoms with E-state index < -0.39 is 17.7 Å². The Kier molecular flexibility index (Phi) is 4.83. The number of nitrogens with one attached hydrogen (secondary N) is 1. The zero-order valence-corrected chi connectivity index (χ0v) is 12.3. The van der Waals surface area contributed by atoms with Crippen LogP contribution in [0.25, 0.3) is 0 Å². The molecule has 0 aliphatic heterocycles. The fraction of sp³-hybridized carbons (Fsp3) is 0.200. The van der Waals surface area contributed by atoms with Crippen molar-refractivity contribution < 1.29 is 13.2 Å². The normalized spacial score (nSPS) is 12.4. The van der Waals surface area contributed by atoms with Gasteiger partial charge in [-0.2, -0.15) is 0 Å². The number of rotatable bonds is 4. The van der Waals surface area contributed by atoms with Crippen molar-refractivity contribution in [1.82, 2.24) is 5.32 Å². The van der Waals surface area contributed by atoms with Gasteiger partial charge in [-0.25, -0.2) is 13.2 Å². The number of benzene rings is 2. The Morgan fingerprint density at radius 3 is 2.30 bits per heavy atom. The number of halogens is 4. The summed E-state index contributed by atoms with van der Waals surface area (Å²) in [4.78, 5) is 0. The van der Waals surface area contributed by atoms with Crippen LogP contribution in [0.1, 0.15) is 24.1 Å². The third kappa shape index (κ3) is 3.41. The molecule has 1 N–H and O–H groups in total. The Labute approximate surface area is 123 Å². The first-order valence-electron chi connectivity index (χ1n) is 6.10. The highest BCUT2D eigenvalue weighted by molar-refractivity contribution is 9.10. The summed E-state index contributed by atoms with van der Waals surface area (Å²) in [7, 11) is 0. The Hall–Kier alpha value is -1.33. The van der Waals surface area contributed by atoms with Crippen LogP contribution in [0.5, 0.6) is 0 Å². The lowest BCUT2D eigenvalue weighted by molar-refractivity contribution is 0.481. The predicted octanol–water partition coefficient (Wildman–Crippen LogP) is 4.72. The van der Waals surface area contributed by atoms with Gasteiger partial charge in [-0.15, -0.1) is 0 Å². The summed E-state index contributed by atoms with van der Waals surface area (Å²) in [5, 5.41) is 2.92. The van der Waals surface area contributed by atoms with Crippen LogP contribution < -0.4 is 5.32 Å². The molecule has 0 aromatic heterocycles. The molecule has 2 aromatic carbocycles. The second-order valence-corrected chi connectivity index (χ2v) is 5.39. The molecule has 2 rings (SSSR count). The van der Waals surface area contributed by atoms with Gasteiger partial charge in [-0.3, -0.25) is 0 Å². The Morgan fingerprint density at radius 2 is 1.70 bits per heavy atom. The molecule has 0 heterocycles. The molecule has 0 amide bonds. The summed E-state index contributed by atoms with van der Waals surface area (Å²) in [6.07, 6.45) is 0. The van der Waals surface area contributed by atoms with Gasteiger partial charge in [0, 0.05) is 28.2 Å². The minimum absolute atomic E-state index is 0.0370. The lowest BCUT2D eigenvalue weighted by Crippen LogP contribution is -2.21. The van der Waals surface area contributed by atoms with Crippen LogP contribution in [0.15, 0.2) is 40.9 Å². The summed E-state index contributed by atoms with van der Waals surface area (Å²) in [6.45, 7) is 1.83. The minimum Gasteiger partial charge on any atom is -0.306 e. The predicted molar refractivity (Wildman–Crippen MR) is 75.7 cm³/mol. The molecule has 2 aromatic rings. The van der Waals surface area contributed by atoms with Crippen molar-refractivity contribution in [2.75, 3.05) is 0 Å². The molecule has 106 valence electrons. The summed E-state index contributed by atoms with van der Waals surface area (Å²) >= 11 is 3.17. The SMILES string of the molecule is CC(NCc1ccc(Br)cc1F)c1c(F)cccc1F. The molecule has 0 radical (unpaired) electrons. The molecule has 1 unspecified atom stereocenters. The highest BCUT2D eigenvalue weighted by atomic mass is 79.9. The molecule has 5 heteroatoms. The molecule has 0 aliphatic rings. The minimum atomic E-state index is -0.610. The first kappa shape index (κ1) is 15.1. The van der Waals surface area contributed by atoms with E-state index in [0.29, 0.717) is 10.0 Å². The van der Waals surface area contributed by atoms with Gasteiger partial charge in [-0.05, 0) is 31.2 Å². The zero-order chi connectivity index (χ0) is 14.7. The Bertz CT molecular complexity index is 596. The topological polar surface area (TPSA) is 12.0 Å². The van der Waals surface area contributed by atoms with Crippen molar-refractivity contribution in [3.8, 4) is 0 Å². The van der Waals surface area contributed by atoms with Gasteiger partial charge in [0.25, 0.3) is 0 Å². The number of hydrogen-bond acceptors (Lipinski definition) is 1. The van der Waals surface area contributed by atoms with Crippen molar-refractivity contribution in [2.24, 2.45) is 0 Å².